The third-order valence-electron chi connectivity index (χ3n) is 1.76. The third-order valence-corrected chi connectivity index (χ3v) is 1.76. The zero-order valence-electron chi connectivity index (χ0n) is 6.94. The minimum Gasteiger partial charge on any atom is -0.423 e. The van der Waals surface area contributed by atoms with Gasteiger partial charge in [0.15, 0.2) is 0 Å². The maximum Gasteiger partial charge on any atom is 0.488 e. The van der Waals surface area contributed by atoms with Gasteiger partial charge in [0.25, 0.3) is 0 Å². The van der Waals surface area contributed by atoms with E-state index in [-0.39, 0.29) is 6.04 Å². The summed E-state index contributed by atoms with van der Waals surface area (Å²) in [6, 6.07) is 6.88. The van der Waals surface area contributed by atoms with Gasteiger partial charge in [-0.25, -0.2) is 0 Å². The van der Waals surface area contributed by atoms with Crippen LogP contribution in [0.25, 0.3) is 0 Å². The van der Waals surface area contributed by atoms with Gasteiger partial charge in [0, 0.05) is 6.04 Å². The number of nitrogens with two attached hydrogens (primary N) is 1. The van der Waals surface area contributed by atoms with Crippen molar-refractivity contribution in [2.24, 2.45) is 5.73 Å². The van der Waals surface area contributed by atoms with Gasteiger partial charge < -0.3 is 15.8 Å². The second-order valence-corrected chi connectivity index (χ2v) is 2.83. The van der Waals surface area contributed by atoms with E-state index in [2.05, 4.69) is 0 Å². The minimum atomic E-state index is -1.40. The molecule has 0 aliphatic heterocycles. The van der Waals surface area contributed by atoms with Gasteiger partial charge in [-0.05, 0) is 17.9 Å². The summed E-state index contributed by atoms with van der Waals surface area (Å²) in [6.07, 6.45) is 0. The van der Waals surface area contributed by atoms with Crippen LogP contribution in [0.5, 0.6) is 0 Å². The number of hydrogen-bond donors (Lipinski definition) is 3. The molecule has 0 bridgehead atoms. The van der Waals surface area contributed by atoms with Gasteiger partial charge in [-0.15, -0.1) is 0 Å². The molecule has 0 radical (unpaired) electrons. The predicted octanol–water partition coefficient (Wildman–Crippen LogP) is -0.614. The normalized spacial score (nSPS) is 12.7. The van der Waals surface area contributed by atoms with Crippen LogP contribution in [-0.2, 0) is 0 Å². The summed E-state index contributed by atoms with van der Waals surface area (Å²) in [6.45, 7) is 1.88. The Labute approximate surface area is 72.0 Å². The molecule has 3 nitrogen and oxygen atoms in total. The van der Waals surface area contributed by atoms with Crippen LogP contribution in [-0.4, -0.2) is 17.2 Å². The molecule has 0 spiro atoms. The fourth-order valence-electron chi connectivity index (χ4n) is 0.972. The van der Waals surface area contributed by atoms with Crippen molar-refractivity contribution >= 4 is 12.6 Å². The second kappa shape index (κ2) is 3.71. The molecule has 0 heterocycles. The maximum atomic E-state index is 8.78. The Kier molecular flexibility index (Phi) is 2.86. The van der Waals surface area contributed by atoms with Gasteiger partial charge in [-0.1, -0.05) is 24.3 Å². The lowest BCUT2D eigenvalue weighted by Gasteiger charge is -2.05. The molecule has 0 saturated heterocycles. The summed E-state index contributed by atoms with van der Waals surface area (Å²) in [5.74, 6) is 0. The average molecular weight is 165 g/mol. The zero-order valence-corrected chi connectivity index (χ0v) is 6.94. The molecule has 0 aliphatic rings. The lowest BCUT2D eigenvalue weighted by Crippen LogP contribution is -2.29. The predicted molar refractivity (Wildman–Crippen MR) is 48.9 cm³/mol. The van der Waals surface area contributed by atoms with Gasteiger partial charge in [-0.2, -0.15) is 0 Å². The monoisotopic (exact) mass is 165 g/mol. The first-order valence-corrected chi connectivity index (χ1v) is 3.83. The van der Waals surface area contributed by atoms with Crippen molar-refractivity contribution in [1.82, 2.24) is 0 Å². The largest absolute Gasteiger partial charge is 0.488 e. The van der Waals surface area contributed by atoms with E-state index in [1.54, 1.807) is 24.3 Å². The zero-order chi connectivity index (χ0) is 9.14. The Hall–Kier alpha value is -0.835. The molecule has 4 heteroatoms. The van der Waals surface area contributed by atoms with Crippen molar-refractivity contribution in [1.29, 1.82) is 0 Å². The molecule has 1 aromatic rings. The van der Waals surface area contributed by atoms with E-state index in [0.717, 1.165) is 5.56 Å². The Bertz CT molecular complexity index is 219. The Morgan fingerprint density at radius 1 is 1.25 bits per heavy atom. The standard InChI is InChI=1S/C8H12BNO2/c1-6(10)7-2-4-8(5-3-7)9(11)12/h2-6,11-12H,10H2,1H3/t6-/m1/s1. The minimum absolute atomic E-state index is 0.0186. The lowest BCUT2D eigenvalue weighted by molar-refractivity contribution is 0.426. The molecule has 0 aromatic heterocycles. The Morgan fingerprint density at radius 2 is 1.75 bits per heavy atom. The Balaban J connectivity index is 2.86. The fourth-order valence-corrected chi connectivity index (χ4v) is 0.972. The smallest absolute Gasteiger partial charge is 0.423 e. The molecule has 1 rings (SSSR count). The van der Waals surface area contributed by atoms with Crippen molar-refractivity contribution in [3.8, 4) is 0 Å². The van der Waals surface area contributed by atoms with E-state index in [0.29, 0.717) is 5.46 Å². The molecule has 1 atom stereocenters. The lowest BCUT2D eigenvalue weighted by atomic mass is 9.80. The maximum absolute atomic E-state index is 8.78. The molecule has 0 amide bonds. The van der Waals surface area contributed by atoms with E-state index in [9.17, 15) is 0 Å². The van der Waals surface area contributed by atoms with Gasteiger partial charge in [0.2, 0.25) is 0 Å². The van der Waals surface area contributed by atoms with E-state index >= 15 is 0 Å². The number of rotatable bonds is 2. The highest BCUT2D eigenvalue weighted by Gasteiger charge is 2.09. The van der Waals surface area contributed by atoms with Crippen molar-refractivity contribution < 1.29 is 10.0 Å². The Morgan fingerprint density at radius 3 is 2.08 bits per heavy atom. The van der Waals surface area contributed by atoms with Gasteiger partial charge >= 0.3 is 7.12 Å². The highest BCUT2D eigenvalue weighted by molar-refractivity contribution is 6.58. The number of benzene rings is 1. The van der Waals surface area contributed by atoms with Crippen molar-refractivity contribution in [3.63, 3.8) is 0 Å². The molecule has 1 aromatic carbocycles. The summed E-state index contributed by atoms with van der Waals surface area (Å²) >= 11 is 0. The summed E-state index contributed by atoms with van der Waals surface area (Å²) < 4.78 is 0. The van der Waals surface area contributed by atoms with Gasteiger partial charge in [0.05, 0.1) is 0 Å². The molecule has 4 N–H and O–H groups in total. The van der Waals surface area contributed by atoms with Gasteiger partial charge in [-0.3, -0.25) is 0 Å². The van der Waals surface area contributed by atoms with Crippen LogP contribution < -0.4 is 11.2 Å². The second-order valence-electron chi connectivity index (χ2n) is 2.83. The average Bonchev–Trinajstić information content (AvgIpc) is 2.04. The van der Waals surface area contributed by atoms with Crippen molar-refractivity contribution in [2.75, 3.05) is 0 Å². The van der Waals surface area contributed by atoms with Gasteiger partial charge in [0.1, 0.15) is 0 Å². The highest BCUT2D eigenvalue weighted by atomic mass is 16.4. The molecular weight excluding hydrogens is 153 g/mol. The SMILES string of the molecule is C[C@@H](N)c1ccc(B(O)O)cc1. The van der Waals surface area contributed by atoms with Crippen LogP contribution >= 0.6 is 0 Å². The van der Waals surface area contributed by atoms with E-state index in [1.807, 2.05) is 6.92 Å². The van der Waals surface area contributed by atoms with Crippen molar-refractivity contribution in [3.05, 3.63) is 29.8 Å². The van der Waals surface area contributed by atoms with E-state index < -0.39 is 7.12 Å². The summed E-state index contributed by atoms with van der Waals surface area (Å²) in [7, 11) is -1.40. The summed E-state index contributed by atoms with van der Waals surface area (Å²) in [5, 5.41) is 17.6. The van der Waals surface area contributed by atoms with Crippen LogP contribution in [0.4, 0.5) is 0 Å². The van der Waals surface area contributed by atoms with Crippen LogP contribution in [0.3, 0.4) is 0 Å². The molecule has 0 fully saturated rings. The first kappa shape index (κ1) is 9.25. The highest BCUT2D eigenvalue weighted by Crippen LogP contribution is 2.06. The van der Waals surface area contributed by atoms with E-state index in [4.69, 9.17) is 15.8 Å². The number of hydrogen-bond acceptors (Lipinski definition) is 3. The van der Waals surface area contributed by atoms with Crippen LogP contribution in [0.1, 0.15) is 18.5 Å². The van der Waals surface area contributed by atoms with Crippen LogP contribution in [0, 0.1) is 0 Å². The molecule has 0 unspecified atom stereocenters. The topological polar surface area (TPSA) is 66.5 Å². The first-order valence-electron chi connectivity index (χ1n) is 3.83. The quantitative estimate of drug-likeness (QED) is 0.512. The van der Waals surface area contributed by atoms with Crippen molar-refractivity contribution in [2.45, 2.75) is 13.0 Å². The first-order chi connectivity index (χ1) is 5.61. The van der Waals surface area contributed by atoms with Crippen LogP contribution in [0.2, 0.25) is 0 Å². The molecule has 64 valence electrons. The fraction of sp³-hybridized carbons (Fsp3) is 0.250. The summed E-state index contributed by atoms with van der Waals surface area (Å²) in [5.41, 5.74) is 7.09. The molecule has 0 aliphatic carbocycles. The third kappa shape index (κ3) is 2.07. The molecule has 12 heavy (non-hydrogen) atoms. The molecular formula is C8H12BNO2. The molecule has 0 saturated carbocycles. The van der Waals surface area contributed by atoms with Crippen LogP contribution in [0.15, 0.2) is 24.3 Å². The van der Waals surface area contributed by atoms with E-state index in [1.165, 1.54) is 0 Å². The summed E-state index contributed by atoms with van der Waals surface area (Å²) in [4.78, 5) is 0.